The van der Waals surface area contributed by atoms with Gasteiger partial charge in [-0.1, -0.05) is 37.1 Å². The number of para-hydroxylation sites is 1. The highest BCUT2D eigenvalue weighted by Gasteiger charge is 2.38. The van der Waals surface area contributed by atoms with Gasteiger partial charge in [0, 0.05) is 24.2 Å². The summed E-state index contributed by atoms with van der Waals surface area (Å²) in [6.07, 6.45) is 7.64. The Morgan fingerprint density at radius 2 is 1.74 bits per heavy atom. The zero-order valence-electron chi connectivity index (χ0n) is 18.0. The SMILES string of the molecule is CC1Cc2ccccc2N1S(=O)(=O)c1cccc(C(=O)N2CCCC3CCCCC32)c1. The van der Waals surface area contributed by atoms with Gasteiger partial charge in [0.05, 0.1) is 10.6 Å². The number of carbonyl (C=O) groups excluding carboxylic acids is 1. The van der Waals surface area contributed by atoms with Crippen LogP contribution in [0, 0.1) is 5.92 Å². The highest BCUT2D eigenvalue weighted by molar-refractivity contribution is 7.92. The third-order valence-electron chi connectivity index (χ3n) is 7.29. The van der Waals surface area contributed by atoms with Crippen LogP contribution in [0.2, 0.25) is 0 Å². The molecular formula is C25H30N2O3S. The summed E-state index contributed by atoms with van der Waals surface area (Å²) < 4.78 is 28.7. The molecule has 0 aromatic heterocycles. The van der Waals surface area contributed by atoms with Crippen molar-refractivity contribution >= 4 is 21.6 Å². The van der Waals surface area contributed by atoms with Gasteiger partial charge in [-0.25, -0.2) is 8.42 Å². The van der Waals surface area contributed by atoms with Crippen LogP contribution in [0.5, 0.6) is 0 Å². The van der Waals surface area contributed by atoms with Gasteiger partial charge in [-0.15, -0.1) is 0 Å². The summed E-state index contributed by atoms with van der Waals surface area (Å²) in [5.74, 6) is 0.573. The van der Waals surface area contributed by atoms with Crippen molar-refractivity contribution in [2.24, 2.45) is 5.92 Å². The van der Waals surface area contributed by atoms with Crippen molar-refractivity contribution in [3.8, 4) is 0 Å². The van der Waals surface area contributed by atoms with Crippen molar-refractivity contribution in [1.82, 2.24) is 4.90 Å². The minimum Gasteiger partial charge on any atom is -0.335 e. The smallest absolute Gasteiger partial charge is 0.264 e. The van der Waals surface area contributed by atoms with E-state index in [-0.39, 0.29) is 16.8 Å². The van der Waals surface area contributed by atoms with Gasteiger partial charge in [0.1, 0.15) is 0 Å². The molecule has 3 aliphatic rings. The molecule has 31 heavy (non-hydrogen) atoms. The normalized spacial score (nSPS) is 25.8. The van der Waals surface area contributed by atoms with E-state index in [0.29, 0.717) is 23.9 Å². The average Bonchev–Trinajstić information content (AvgIpc) is 3.14. The molecule has 1 saturated carbocycles. The number of sulfonamides is 1. The van der Waals surface area contributed by atoms with Crippen molar-refractivity contribution in [2.45, 2.75) is 68.8 Å². The topological polar surface area (TPSA) is 57.7 Å². The number of amides is 1. The molecule has 6 heteroatoms. The van der Waals surface area contributed by atoms with Gasteiger partial charge in [-0.3, -0.25) is 9.10 Å². The lowest BCUT2D eigenvalue weighted by atomic mass is 9.78. The number of piperidine rings is 1. The summed E-state index contributed by atoms with van der Waals surface area (Å²) in [7, 11) is -3.75. The fraction of sp³-hybridized carbons (Fsp3) is 0.480. The van der Waals surface area contributed by atoms with Gasteiger partial charge in [0.15, 0.2) is 0 Å². The van der Waals surface area contributed by atoms with E-state index < -0.39 is 10.0 Å². The first-order valence-corrected chi connectivity index (χ1v) is 12.9. The largest absolute Gasteiger partial charge is 0.335 e. The van der Waals surface area contributed by atoms with Gasteiger partial charge in [-0.05, 0) is 74.8 Å². The number of carbonyl (C=O) groups is 1. The Labute approximate surface area is 185 Å². The van der Waals surface area contributed by atoms with Crippen molar-refractivity contribution in [1.29, 1.82) is 0 Å². The van der Waals surface area contributed by atoms with E-state index in [2.05, 4.69) is 0 Å². The predicted molar refractivity (Wildman–Crippen MR) is 122 cm³/mol. The number of benzene rings is 2. The van der Waals surface area contributed by atoms with Crippen molar-refractivity contribution in [3.05, 3.63) is 59.7 Å². The maximum absolute atomic E-state index is 13.6. The Balaban J connectivity index is 1.46. The Hall–Kier alpha value is -2.34. The van der Waals surface area contributed by atoms with Crippen LogP contribution in [0.4, 0.5) is 5.69 Å². The average molecular weight is 439 g/mol. The number of hydrogen-bond acceptors (Lipinski definition) is 3. The molecule has 1 aliphatic carbocycles. The van der Waals surface area contributed by atoms with Crippen LogP contribution in [0.15, 0.2) is 53.4 Å². The van der Waals surface area contributed by atoms with Gasteiger partial charge in [0.25, 0.3) is 15.9 Å². The lowest BCUT2D eigenvalue weighted by molar-refractivity contribution is 0.0390. The standard InChI is InChI=1S/C25H30N2O3S/c1-18-16-20-9-3-5-14-24(20)27(18)31(29,30)22-12-6-10-21(17-22)25(28)26-15-7-11-19-8-2-4-13-23(19)26/h3,5-6,9-10,12,14,17-19,23H,2,4,7-8,11,13,15-16H2,1H3. The Kier molecular flexibility index (Phi) is 5.29. The molecule has 2 aliphatic heterocycles. The van der Waals surface area contributed by atoms with E-state index in [1.165, 1.54) is 30.0 Å². The molecule has 5 nitrogen and oxygen atoms in total. The summed E-state index contributed by atoms with van der Waals surface area (Å²) in [5, 5.41) is 0. The molecule has 2 heterocycles. The summed E-state index contributed by atoms with van der Waals surface area (Å²) in [6.45, 7) is 2.71. The number of anilines is 1. The molecule has 0 spiro atoms. The maximum atomic E-state index is 13.6. The molecule has 1 saturated heterocycles. The molecule has 0 bridgehead atoms. The molecule has 2 fully saturated rings. The van der Waals surface area contributed by atoms with Crippen LogP contribution in [-0.2, 0) is 16.4 Å². The summed E-state index contributed by atoms with van der Waals surface area (Å²) in [4.78, 5) is 15.6. The molecule has 3 unspecified atom stereocenters. The third-order valence-corrected chi connectivity index (χ3v) is 9.21. The van der Waals surface area contributed by atoms with Crippen molar-refractivity contribution in [2.75, 3.05) is 10.8 Å². The summed E-state index contributed by atoms with van der Waals surface area (Å²) >= 11 is 0. The number of rotatable bonds is 3. The second kappa shape index (κ2) is 7.97. The minimum absolute atomic E-state index is 0.0245. The molecule has 0 radical (unpaired) electrons. The first-order chi connectivity index (χ1) is 15.0. The Bertz CT molecular complexity index is 1100. The molecule has 1 amide bonds. The third kappa shape index (κ3) is 3.55. The van der Waals surface area contributed by atoms with E-state index in [4.69, 9.17) is 0 Å². The number of fused-ring (bicyclic) bond motifs is 2. The zero-order valence-corrected chi connectivity index (χ0v) is 18.9. The van der Waals surface area contributed by atoms with E-state index in [0.717, 1.165) is 30.6 Å². The van der Waals surface area contributed by atoms with Crippen molar-refractivity contribution in [3.63, 3.8) is 0 Å². The first kappa shape index (κ1) is 20.6. The molecule has 2 aromatic rings. The highest BCUT2D eigenvalue weighted by atomic mass is 32.2. The fourth-order valence-electron chi connectivity index (χ4n) is 5.85. The van der Waals surface area contributed by atoms with Crippen LogP contribution >= 0.6 is 0 Å². The lowest BCUT2D eigenvalue weighted by Crippen LogP contribution is -2.49. The van der Waals surface area contributed by atoms with Crippen LogP contribution in [0.1, 0.15) is 61.4 Å². The molecule has 5 rings (SSSR count). The van der Waals surface area contributed by atoms with Gasteiger partial charge < -0.3 is 4.90 Å². The minimum atomic E-state index is -3.75. The molecule has 164 valence electrons. The summed E-state index contributed by atoms with van der Waals surface area (Å²) in [6, 6.07) is 14.5. The Morgan fingerprint density at radius 3 is 2.61 bits per heavy atom. The molecular weight excluding hydrogens is 408 g/mol. The lowest BCUT2D eigenvalue weighted by Gasteiger charge is -2.44. The van der Waals surface area contributed by atoms with Gasteiger partial charge in [-0.2, -0.15) is 0 Å². The predicted octanol–water partition coefficient (Wildman–Crippen LogP) is 4.62. The quantitative estimate of drug-likeness (QED) is 0.703. The molecule has 3 atom stereocenters. The maximum Gasteiger partial charge on any atom is 0.264 e. The second-order valence-electron chi connectivity index (χ2n) is 9.26. The first-order valence-electron chi connectivity index (χ1n) is 11.5. The van der Waals surface area contributed by atoms with E-state index in [9.17, 15) is 13.2 Å². The zero-order chi connectivity index (χ0) is 21.6. The molecule has 0 N–H and O–H groups in total. The number of nitrogens with zero attached hydrogens (tertiary/aromatic N) is 2. The second-order valence-corrected chi connectivity index (χ2v) is 11.1. The van der Waals surface area contributed by atoms with E-state index in [1.807, 2.05) is 36.1 Å². The molecule has 2 aromatic carbocycles. The monoisotopic (exact) mass is 438 g/mol. The van der Waals surface area contributed by atoms with Crippen LogP contribution < -0.4 is 4.31 Å². The highest BCUT2D eigenvalue weighted by Crippen LogP contribution is 2.38. The number of likely N-dealkylation sites (tertiary alicyclic amines) is 1. The van der Waals surface area contributed by atoms with Crippen LogP contribution in [0.25, 0.3) is 0 Å². The van der Waals surface area contributed by atoms with E-state index in [1.54, 1.807) is 24.3 Å². The number of hydrogen-bond donors (Lipinski definition) is 0. The van der Waals surface area contributed by atoms with Crippen molar-refractivity contribution < 1.29 is 13.2 Å². The Morgan fingerprint density at radius 1 is 0.968 bits per heavy atom. The van der Waals surface area contributed by atoms with E-state index >= 15 is 0 Å². The van der Waals surface area contributed by atoms with Gasteiger partial charge >= 0.3 is 0 Å². The van der Waals surface area contributed by atoms with Crippen LogP contribution in [-0.4, -0.2) is 37.9 Å². The fourth-order valence-corrected chi connectivity index (χ4v) is 7.59. The van der Waals surface area contributed by atoms with Gasteiger partial charge in [0.2, 0.25) is 0 Å². The van der Waals surface area contributed by atoms with Crippen LogP contribution in [0.3, 0.4) is 0 Å². The summed E-state index contributed by atoms with van der Waals surface area (Å²) in [5.41, 5.74) is 2.27.